The Labute approximate surface area is 110 Å². The number of carbonyl (C=O) groups excluding carboxylic acids is 1. The van der Waals surface area contributed by atoms with Gasteiger partial charge in [-0.25, -0.2) is 0 Å². The molecule has 2 unspecified atom stereocenters. The minimum atomic E-state index is -0.177. The van der Waals surface area contributed by atoms with Gasteiger partial charge in [0.05, 0.1) is 11.0 Å². The summed E-state index contributed by atoms with van der Waals surface area (Å²) in [6.45, 7) is 7.51. The van der Waals surface area contributed by atoms with Gasteiger partial charge in [-0.15, -0.1) is 0 Å². The highest BCUT2D eigenvalue weighted by atomic mass is 16.5. The van der Waals surface area contributed by atoms with Crippen LogP contribution in [0, 0.1) is 5.41 Å². The van der Waals surface area contributed by atoms with Gasteiger partial charge >= 0.3 is 0 Å². The maximum absolute atomic E-state index is 12.4. The van der Waals surface area contributed by atoms with Crippen LogP contribution in [0.1, 0.15) is 46.0 Å². The van der Waals surface area contributed by atoms with Crippen LogP contribution in [0.5, 0.6) is 0 Å². The molecule has 1 amide bonds. The summed E-state index contributed by atoms with van der Waals surface area (Å²) >= 11 is 0. The van der Waals surface area contributed by atoms with E-state index in [0.717, 1.165) is 51.8 Å². The summed E-state index contributed by atoms with van der Waals surface area (Å²) in [5.41, 5.74) is -0.321. The second-order valence-electron chi connectivity index (χ2n) is 6.04. The van der Waals surface area contributed by atoms with Gasteiger partial charge in [0.25, 0.3) is 0 Å². The molecular weight excluding hydrogens is 228 g/mol. The lowest BCUT2D eigenvalue weighted by atomic mass is 9.81. The summed E-state index contributed by atoms with van der Waals surface area (Å²) < 4.78 is 5.72. The largest absolute Gasteiger partial charge is 0.373 e. The van der Waals surface area contributed by atoms with E-state index in [-0.39, 0.29) is 16.9 Å². The Morgan fingerprint density at radius 1 is 1.44 bits per heavy atom. The molecule has 18 heavy (non-hydrogen) atoms. The molecule has 2 rings (SSSR count). The molecule has 104 valence electrons. The summed E-state index contributed by atoms with van der Waals surface area (Å²) in [4.78, 5) is 12.4. The van der Waals surface area contributed by atoms with Crippen LogP contribution in [0.2, 0.25) is 0 Å². The molecule has 0 radical (unpaired) electrons. The first-order valence-electron chi connectivity index (χ1n) is 7.23. The van der Waals surface area contributed by atoms with Crippen molar-refractivity contribution >= 4 is 5.91 Å². The van der Waals surface area contributed by atoms with E-state index in [0.29, 0.717) is 6.54 Å². The van der Waals surface area contributed by atoms with Crippen LogP contribution in [0.25, 0.3) is 0 Å². The van der Waals surface area contributed by atoms with E-state index in [1.165, 1.54) is 0 Å². The highest BCUT2D eigenvalue weighted by Crippen LogP contribution is 2.32. The first kappa shape index (κ1) is 13.8. The van der Waals surface area contributed by atoms with Crippen molar-refractivity contribution in [3.8, 4) is 0 Å². The zero-order valence-corrected chi connectivity index (χ0v) is 11.7. The highest BCUT2D eigenvalue weighted by molar-refractivity contribution is 5.83. The molecule has 2 aliphatic rings. The average Bonchev–Trinajstić information content (AvgIpc) is 2.97. The van der Waals surface area contributed by atoms with Crippen molar-refractivity contribution < 1.29 is 9.53 Å². The number of amides is 1. The van der Waals surface area contributed by atoms with Gasteiger partial charge < -0.3 is 15.4 Å². The molecule has 0 aromatic heterocycles. The number of hydrogen-bond acceptors (Lipinski definition) is 3. The molecular formula is C14H26N2O2. The summed E-state index contributed by atoms with van der Waals surface area (Å²) in [6, 6.07) is 0. The van der Waals surface area contributed by atoms with Crippen molar-refractivity contribution in [2.75, 3.05) is 26.2 Å². The fourth-order valence-electron chi connectivity index (χ4n) is 3.17. The lowest BCUT2D eigenvalue weighted by molar-refractivity contribution is -0.131. The molecule has 0 saturated carbocycles. The molecule has 0 aromatic rings. The van der Waals surface area contributed by atoms with E-state index < -0.39 is 0 Å². The third-order valence-electron chi connectivity index (χ3n) is 4.38. The topological polar surface area (TPSA) is 50.4 Å². The maximum atomic E-state index is 12.4. The molecule has 2 N–H and O–H groups in total. The zero-order valence-electron chi connectivity index (χ0n) is 11.7. The van der Waals surface area contributed by atoms with Crippen molar-refractivity contribution in [3.63, 3.8) is 0 Å². The van der Waals surface area contributed by atoms with Crippen LogP contribution in [0.15, 0.2) is 0 Å². The molecule has 2 atom stereocenters. The first-order chi connectivity index (χ1) is 8.60. The van der Waals surface area contributed by atoms with Crippen molar-refractivity contribution in [1.29, 1.82) is 0 Å². The number of nitrogens with one attached hydrogen (secondary N) is 2. The van der Waals surface area contributed by atoms with Gasteiger partial charge in [-0.3, -0.25) is 4.79 Å². The Balaban J connectivity index is 1.89. The van der Waals surface area contributed by atoms with E-state index in [1.807, 2.05) is 0 Å². The van der Waals surface area contributed by atoms with E-state index >= 15 is 0 Å². The lowest BCUT2D eigenvalue weighted by Crippen LogP contribution is -2.48. The van der Waals surface area contributed by atoms with Gasteiger partial charge in [-0.2, -0.15) is 0 Å². The minimum absolute atomic E-state index is 0.144. The smallest absolute Gasteiger partial charge is 0.227 e. The van der Waals surface area contributed by atoms with E-state index in [1.54, 1.807) is 0 Å². The minimum Gasteiger partial charge on any atom is -0.373 e. The quantitative estimate of drug-likeness (QED) is 0.781. The molecule has 2 heterocycles. The number of carbonyl (C=O) groups is 1. The average molecular weight is 254 g/mol. The predicted molar refractivity (Wildman–Crippen MR) is 71.4 cm³/mol. The molecule has 2 aliphatic heterocycles. The Bertz CT molecular complexity index is 292. The van der Waals surface area contributed by atoms with Crippen molar-refractivity contribution in [2.45, 2.75) is 51.6 Å². The van der Waals surface area contributed by atoms with Crippen LogP contribution < -0.4 is 10.6 Å². The lowest BCUT2D eigenvalue weighted by Gasteiger charge is -2.30. The van der Waals surface area contributed by atoms with Crippen molar-refractivity contribution in [3.05, 3.63) is 0 Å². The second kappa shape index (κ2) is 5.57. The molecule has 0 aromatic carbocycles. The third-order valence-corrected chi connectivity index (χ3v) is 4.38. The van der Waals surface area contributed by atoms with Gasteiger partial charge in [0.1, 0.15) is 0 Å². The molecule has 4 heteroatoms. The second-order valence-corrected chi connectivity index (χ2v) is 6.04. The molecule has 0 bridgehead atoms. The van der Waals surface area contributed by atoms with Crippen LogP contribution >= 0.6 is 0 Å². The van der Waals surface area contributed by atoms with Crippen molar-refractivity contribution in [2.24, 2.45) is 5.41 Å². The van der Waals surface area contributed by atoms with Gasteiger partial charge in [-0.1, -0.05) is 13.3 Å². The normalized spacial score (nSPS) is 35.9. The Kier molecular flexibility index (Phi) is 4.28. The van der Waals surface area contributed by atoms with Crippen LogP contribution in [-0.4, -0.2) is 37.7 Å². The third kappa shape index (κ3) is 2.86. The standard InChI is InChI=1S/C14H26N2O2/c1-3-5-14(7-8-15-11-14)12(17)16-10-13(2)6-4-9-18-13/h15H,3-11H2,1-2H3,(H,16,17). The zero-order chi connectivity index (χ0) is 13.1. The molecule has 2 saturated heterocycles. The van der Waals surface area contributed by atoms with Crippen LogP contribution in [0.3, 0.4) is 0 Å². The Morgan fingerprint density at radius 3 is 2.83 bits per heavy atom. The first-order valence-corrected chi connectivity index (χ1v) is 7.23. The van der Waals surface area contributed by atoms with Crippen molar-refractivity contribution in [1.82, 2.24) is 10.6 Å². The summed E-state index contributed by atoms with van der Waals surface area (Å²) in [5.74, 6) is 0.214. The highest BCUT2D eigenvalue weighted by Gasteiger charge is 2.41. The SMILES string of the molecule is CCCC1(C(=O)NCC2(C)CCCO2)CCNC1. The number of rotatable bonds is 5. The number of ether oxygens (including phenoxy) is 1. The summed E-state index contributed by atoms with van der Waals surface area (Å²) in [7, 11) is 0. The molecule has 0 spiro atoms. The summed E-state index contributed by atoms with van der Waals surface area (Å²) in [5, 5.41) is 6.45. The van der Waals surface area contributed by atoms with E-state index in [2.05, 4.69) is 24.5 Å². The monoisotopic (exact) mass is 254 g/mol. The Morgan fingerprint density at radius 2 is 2.28 bits per heavy atom. The van der Waals surface area contributed by atoms with Gasteiger partial charge in [0, 0.05) is 19.7 Å². The fourth-order valence-corrected chi connectivity index (χ4v) is 3.17. The number of hydrogen-bond donors (Lipinski definition) is 2. The van der Waals surface area contributed by atoms with Crippen LogP contribution in [-0.2, 0) is 9.53 Å². The van der Waals surface area contributed by atoms with Gasteiger partial charge in [0.15, 0.2) is 0 Å². The maximum Gasteiger partial charge on any atom is 0.227 e. The fraction of sp³-hybridized carbons (Fsp3) is 0.929. The summed E-state index contributed by atoms with van der Waals surface area (Å²) in [6.07, 6.45) is 5.15. The Hall–Kier alpha value is -0.610. The molecule has 0 aliphatic carbocycles. The molecule has 2 fully saturated rings. The predicted octanol–water partition coefficient (Wildman–Crippen LogP) is 1.45. The molecule has 4 nitrogen and oxygen atoms in total. The van der Waals surface area contributed by atoms with Crippen LogP contribution in [0.4, 0.5) is 0 Å². The van der Waals surface area contributed by atoms with E-state index in [9.17, 15) is 4.79 Å². The van der Waals surface area contributed by atoms with Gasteiger partial charge in [0.2, 0.25) is 5.91 Å². The van der Waals surface area contributed by atoms with E-state index in [4.69, 9.17) is 4.74 Å². The van der Waals surface area contributed by atoms with Gasteiger partial charge in [-0.05, 0) is 39.2 Å².